The Hall–Kier alpha value is -2.12. The van der Waals surface area contributed by atoms with Gasteiger partial charge in [0.25, 0.3) is 10.0 Å². The molecule has 0 spiro atoms. The smallest absolute Gasteiger partial charge is 0.262 e. The van der Waals surface area contributed by atoms with Gasteiger partial charge in [-0.1, -0.05) is 24.6 Å². The van der Waals surface area contributed by atoms with Crippen LogP contribution in [0.4, 0.5) is 5.69 Å². The first-order chi connectivity index (χ1) is 12.4. The molecule has 26 heavy (non-hydrogen) atoms. The second kappa shape index (κ2) is 7.63. The van der Waals surface area contributed by atoms with Crippen molar-refractivity contribution in [3.8, 4) is 5.88 Å². The van der Waals surface area contributed by atoms with Gasteiger partial charge >= 0.3 is 0 Å². The molecule has 2 aromatic rings. The van der Waals surface area contributed by atoms with Gasteiger partial charge in [0.2, 0.25) is 5.88 Å². The van der Waals surface area contributed by atoms with E-state index in [1.165, 1.54) is 7.11 Å². The molecule has 0 saturated heterocycles. The van der Waals surface area contributed by atoms with Gasteiger partial charge in [-0.05, 0) is 43.7 Å². The number of rotatable bonds is 5. The second-order valence-electron chi connectivity index (χ2n) is 6.50. The van der Waals surface area contributed by atoms with Gasteiger partial charge < -0.3 is 9.64 Å². The molecule has 0 atom stereocenters. The molecule has 1 aromatic carbocycles. The van der Waals surface area contributed by atoms with Crippen molar-refractivity contribution >= 4 is 15.7 Å². The Morgan fingerprint density at radius 2 is 1.88 bits per heavy atom. The molecule has 1 aromatic heterocycles. The van der Waals surface area contributed by atoms with Crippen LogP contribution in [0.3, 0.4) is 0 Å². The number of methoxy groups -OCH3 is 1. The molecule has 0 bridgehead atoms. The Kier molecular flexibility index (Phi) is 5.48. The summed E-state index contributed by atoms with van der Waals surface area (Å²) in [6, 6.07) is 8.62. The highest BCUT2D eigenvalue weighted by Crippen LogP contribution is 2.29. The second-order valence-corrected chi connectivity index (χ2v) is 8.19. The van der Waals surface area contributed by atoms with Gasteiger partial charge in [-0.2, -0.15) is 0 Å². The van der Waals surface area contributed by atoms with Crippen molar-refractivity contribution in [2.75, 3.05) is 31.5 Å². The number of sulfonamides is 1. The lowest BCUT2D eigenvalue weighted by molar-refractivity contribution is 0.303. The summed E-state index contributed by atoms with van der Waals surface area (Å²) in [4.78, 5) is 7.16. The molecular weight excluding hydrogens is 350 g/mol. The fourth-order valence-electron chi connectivity index (χ4n) is 3.13. The normalized spacial score (nSPS) is 15.2. The topological polar surface area (TPSA) is 71.5 Å². The van der Waals surface area contributed by atoms with Gasteiger partial charge in [0.05, 0.1) is 12.0 Å². The summed E-state index contributed by atoms with van der Waals surface area (Å²) >= 11 is 0. The fourth-order valence-corrected chi connectivity index (χ4v) is 4.18. The van der Waals surface area contributed by atoms with E-state index in [0.717, 1.165) is 49.3 Å². The van der Waals surface area contributed by atoms with Crippen molar-refractivity contribution in [1.29, 1.82) is 0 Å². The Morgan fingerprint density at radius 3 is 2.54 bits per heavy atom. The van der Waals surface area contributed by atoms with Crippen LogP contribution in [0, 0.1) is 6.92 Å². The molecular formula is C19H25N3O3S. The minimum atomic E-state index is -3.69. The van der Waals surface area contributed by atoms with Crippen LogP contribution in [-0.4, -0.2) is 45.0 Å². The lowest BCUT2D eigenvalue weighted by Gasteiger charge is -2.15. The summed E-state index contributed by atoms with van der Waals surface area (Å²) in [6.45, 7) is 6.96. The van der Waals surface area contributed by atoms with E-state index in [1.54, 1.807) is 24.3 Å². The van der Waals surface area contributed by atoms with E-state index in [1.807, 2.05) is 13.0 Å². The summed E-state index contributed by atoms with van der Waals surface area (Å²) < 4.78 is 33.4. The molecule has 7 heteroatoms. The number of aromatic nitrogens is 1. The quantitative estimate of drug-likeness (QED) is 0.870. The largest absolute Gasteiger partial charge is 0.479 e. The highest BCUT2D eigenvalue weighted by Gasteiger charge is 2.21. The predicted molar refractivity (Wildman–Crippen MR) is 102 cm³/mol. The van der Waals surface area contributed by atoms with Crippen LogP contribution >= 0.6 is 0 Å². The van der Waals surface area contributed by atoms with Crippen LogP contribution < -0.4 is 9.46 Å². The zero-order chi connectivity index (χ0) is 18.7. The van der Waals surface area contributed by atoms with E-state index in [0.29, 0.717) is 11.6 Å². The van der Waals surface area contributed by atoms with E-state index in [-0.39, 0.29) is 4.90 Å². The molecule has 0 fully saturated rings. The van der Waals surface area contributed by atoms with E-state index in [4.69, 9.17) is 4.74 Å². The molecule has 1 aliphatic heterocycles. The number of nitrogens with zero attached hydrogens (tertiary/aromatic N) is 2. The van der Waals surface area contributed by atoms with E-state index in [9.17, 15) is 8.42 Å². The maximum atomic E-state index is 12.7. The average Bonchev–Trinajstić information content (AvgIpc) is 2.82. The number of benzene rings is 1. The molecule has 0 amide bonds. The molecule has 3 rings (SSSR count). The van der Waals surface area contributed by atoms with Gasteiger partial charge in [-0.3, -0.25) is 4.72 Å². The number of pyridine rings is 1. The number of nitrogens with one attached hydrogen (secondary N) is 1. The predicted octanol–water partition coefficient (Wildman–Crippen LogP) is 2.62. The van der Waals surface area contributed by atoms with Crippen molar-refractivity contribution in [1.82, 2.24) is 9.88 Å². The number of anilines is 1. The third-order valence-corrected chi connectivity index (χ3v) is 6.12. The molecule has 140 valence electrons. The van der Waals surface area contributed by atoms with Gasteiger partial charge in [-0.25, -0.2) is 13.4 Å². The Labute approximate surface area is 155 Å². The number of fused-ring (bicyclic) bond motifs is 1. The number of hydrogen-bond acceptors (Lipinski definition) is 5. The van der Waals surface area contributed by atoms with Gasteiger partial charge in [0.15, 0.2) is 0 Å². The molecule has 0 saturated carbocycles. The summed E-state index contributed by atoms with van der Waals surface area (Å²) in [6.07, 6.45) is 1.68. The maximum absolute atomic E-state index is 12.7. The van der Waals surface area contributed by atoms with E-state index >= 15 is 0 Å². The first-order valence-electron chi connectivity index (χ1n) is 8.81. The molecule has 2 heterocycles. The monoisotopic (exact) mass is 375 g/mol. The Morgan fingerprint density at radius 1 is 1.19 bits per heavy atom. The standard InChI is InChI=1S/C19H25N3O3S/c1-4-22-11-9-15-13-18(19(25-3)20-17(15)10-12-22)21-26(23,24)16-7-5-14(2)6-8-16/h5-8,13,21H,4,9-12H2,1-3H3. The highest BCUT2D eigenvalue weighted by atomic mass is 32.2. The van der Waals surface area contributed by atoms with Crippen molar-refractivity contribution in [3.05, 3.63) is 47.2 Å². The molecule has 0 radical (unpaired) electrons. The maximum Gasteiger partial charge on any atom is 0.262 e. The van der Waals surface area contributed by atoms with Crippen LogP contribution in [0.1, 0.15) is 23.7 Å². The summed E-state index contributed by atoms with van der Waals surface area (Å²) in [5.74, 6) is 0.310. The molecule has 0 aliphatic carbocycles. The van der Waals surface area contributed by atoms with Crippen molar-refractivity contribution in [2.45, 2.75) is 31.6 Å². The Bertz CT molecular complexity index is 880. The van der Waals surface area contributed by atoms with Gasteiger partial charge in [-0.15, -0.1) is 0 Å². The molecule has 6 nitrogen and oxygen atoms in total. The molecule has 0 unspecified atom stereocenters. The summed E-state index contributed by atoms with van der Waals surface area (Å²) in [7, 11) is -2.19. The zero-order valence-electron chi connectivity index (χ0n) is 15.4. The van der Waals surface area contributed by atoms with Crippen LogP contribution in [0.5, 0.6) is 5.88 Å². The minimum absolute atomic E-state index is 0.220. The van der Waals surface area contributed by atoms with Crippen molar-refractivity contribution < 1.29 is 13.2 Å². The first kappa shape index (κ1) is 18.7. The lowest BCUT2D eigenvalue weighted by Crippen LogP contribution is -2.25. The van der Waals surface area contributed by atoms with Crippen LogP contribution in [0.15, 0.2) is 35.2 Å². The van der Waals surface area contributed by atoms with Crippen LogP contribution in [0.2, 0.25) is 0 Å². The number of likely N-dealkylation sites (N-methyl/N-ethyl adjacent to an activating group) is 1. The van der Waals surface area contributed by atoms with Crippen LogP contribution in [-0.2, 0) is 22.9 Å². The third-order valence-electron chi connectivity index (χ3n) is 4.73. The zero-order valence-corrected chi connectivity index (χ0v) is 16.3. The number of ether oxygens (including phenoxy) is 1. The van der Waals surface area contributed by atoms with Crippen LogP contribution in [0.25, 0.3) is 0 Å². The fraction of sp³-hybridized carbons (Fsp3) is 0.421. The number of aryl methyl sites for hydroxylation is 1. The van der Waals surface area contributed by atoms with E-state index in [2.05, 4.69) is 21.5 Å². The van der Waals surface area contributed by atoms with Gasteiger partial charge in [0, 0.05) is 25.2 Å². The molecule has 1 aliphatic rings. The first-order valence-corrected chi connectivity index (χ1v) is 10.3. The SMILES string of the molecule is CCN1CCc2cc(NS(=O)(=O)c3ccc(C)cc3)c(OC)nc2CC1. The lowest BCUT2D eigenvalue weighted by atomic mass is 10.1. The van der Waals surface area contributed by atoms with Crippen molar-refractivity contribution in [3.63, 3.8) is 0 Å². The van der Waals surface area contributed by atoms with Gasteiger partial charge in [0.1, 0.15) is 5.69 Å². The average molecular weight is 375 g/mol. The Balaban J connectivity index is 1.93. The highest BCUT2D eigenvalue weighted by molar-refractivity contribution is 7.92. The third kappa shape index (κ3) is 3.99. The molecule has 1 N–H and O–H groups in total. The van der Waals surface area contributed by atoms with E-state index < -0.39 is 10.0 Å². The number of hydrogen-bond donors (Lipinski definition) is 1. The summed E-state index contributed by atoms with van der Waals surface area (Å²) in [5.41, 5.74) is 3.45. The minimum Gasteiger partial charge on any atom is -0.479 e. The van der Waals surface area contributed by atoms with Crippen molar-refractivity contribution in [2.24, 2.45) is 0 Å². The summed E-state index contributed by atoms with van der Waals surface area (Å²) in [5, 5.41) is 0.